The molecule has 0 radical (unpaired) electrons. The molecule has 1 heterocycles. The van der Waals surface area contributed by atoms with Crippen LogP contribution in [0.4, 0.5) is 4.79 Å². The van der Waals surface area contributed by atoms with Crippen molar-refractivity contribution in [1.82, 2.24) is 14.7 Å². The first-order valence-corrected chi connectivity index (χ1v) is 6.84. The third-order valence-corrected chi connectivity index (χ3v) is 3.17. The molecule has 0 aromatic heterocycles. The molecule has 19 heavy (non-hydrogen) atoms. The predicted octanol–water partition coefficient (Wildman–Crippen LogP) is 0.787. The monoisotopic (exact) mass is 271 g/mol. The zero-order valence-corrected chi connectivity index (χ0v) is 12.1. The quantitative estimate of drug-likeness (QED) is 0.821. The molecule has 1 fully saturated rings. The van der Waals surface area contributed by atoms with Crippen LogP contribution in [-0.4, -0.2) is 78.1 Å². The number of hydrogen-bond donors (Lipinski definition) is 1. The molecular formula is C13H25N3O3. The lowest BCUT2D eigenvalue weighted by atomic mass is 10.2. The van der Waals surface area contributed by atoms with Crippen LogP contribution in [0.15, 0.2) is 0 Å². The van der Waals surface area contributed by atoms with Crippen molar-refractivity contribution in [2.75, 3.05) is 46.3 Å². The van der Waals surface area contributed by atoms with Gasteiger partial charge in [-0.15, -0.1) is 0 Å². The number of carboxylic acid groups (broad SMARTS) is 1. The normalized spacial score (nSPS) is 17.4. The van der Waals surface area contributed by atoms with Gasteiger partial charge >= 0.3 is 12.0 Å². The molecule has 0 saturated carbocycles. The fourth-order valence-corrected chi connectivity index (χ4v) is 2.25. The molecule has 6 heteroatoms. The first kappa shape index (κ1) is 15.8. The van der Waals surface area contributed by atoms with Crippen LogP contribution in [-0.2, 0) is 4.79 Å². The lowest BCUT2D eigenvalue weighted by molar-refractivity contribution is -0.137. The zero-order valence-electron chi connectivity index (χ0n) is 12.1. The Morgan fingerprint density at radius 3 is 2.47 bits per heavy atom. The third kappa shape index (κ3) is 5.46. The fraction of sp³-hybridized carbons (Fsp3) is 0.846. The van der Waals surface area contributed by atoms with Crippen molar-refractivity contribution in [3.05, 3.63) is 0 Å². The molecule has 0 unspecified atom stereocenters. The van der Waals surface area contributed by atoms with E-state index in [2.05, 4.69) is 4.90 Å². The second-order valence-corrected chi connectivity index (χ2v) is 5.59. The summed E-state index contributed by atoms with van der Waals surface area (Å²) in [7, 11) is 2.04. The number of likely N-dealkylation sites (N-methyl/N-ethyl adjacent to an activating group) is 1. The Kier molecular flexibility index (Phi) is 6.08. The van der Waals surface area contributed by atoms with Gasteiger partial charge in [0.15, 0.2) is 0 Å². The molecule has 1 rings (SSSR count). The SMILES string of the molecule is CC(C)CN(CC(=O)O)C(=O)N1CCCN(C)CC1. The highest BCUT2D eigenvalue weighted by molar-refractivity contribution is 5.80. The topological polar surface area (TPSA) is 64.1 Å². The molecule has 0 atom stereocenters. The molecule has 0 aromatic rings. The molecule has 6 nitrogen and oxygen atoms in total. The number of hydrogen-bond acceptors (Lipinski definition) is 3. The summed E-state index contributed by atoms with van der Waals surface area (Å²) >= 11 is 0. The largest absolute Gasteiger partial charge is 0.480 e. The minimum atomic E-state index is -0.957. The average molecular weight is 271 g/mol. The molecule has 0 aromatic carbocycles. The van der Waals surface area contributed by atoms with Gasteiger partial charge in [0.05, 0.1) is 0 Å². The van der Waals surface area contributed by atoms with Crippen LogP contribution in [0, 0.1) is 5.92 Å². The standard InChI is InChI=1S/C13H25N3O3/c1-11(2)9-16(10-12(17)18)13(19)15-6-4-5-14(3)7-8-15/h11H,4-10H2,1-3H3,(H,17,18). The molecule has 0 spiro atoms. The first-order chi connectivity index (χ1) is 8.90. The lowest BCUT2D eigenvalue weighted by Gasteiger charge is -2.30. The molecule has 1 saturated heterocycles. The van der Waals surface area contributed by atoms with E-state index in [-0.39, 0.29) is 18.5 Å². The van der Waals surface area contributed by atoms with Gasteiger partial charge in [0.25, 0.3) is 0 Å². The summed E-state index contributed by atoms with van der Waals surface area (Å²) in [6.07, 6.45) is 0.935. The summed E-state index contributed by atoms with van der Waals surface area (Å²) in [4.78, 5) is 28.7. The maximum absolute atomic E-state index is 12.4. The van der Waals surface area contributed by atoms with Crippen LogP contribution in [0.1, 0.15) is 20.3 Å². The van der Waals surface area contributed by atoms with E-state index >= 15 is 0 Å². The number of carbonyl (C=O) groups is 2. The van der Waals surface area contributed by atoms with Crippen LogP contribution < -0.4 is 0 Å². The van der Waals surface area contributed by atoms with E-state index in [0.717, 1.165) is 19.5 Å². The summed E-state index contributed by atoms with van der Waals surface area (Å²) in [5, 5.41) is 8.92. The Hall–Kier alpha value is -1.30. The highest BCUT2D eigenvalue weighted by Gasteiger charge is 2.24. The number of nitrogens with zero attached hydrogens (tertiary/aromatic N) is 3. The van der Waals surface area contributed by atoms with E-state index in [1.54, 1.807) is 4.90 Å². The van der Waals surface area contributed by atoms with Gasteiger partial charge in [-0.05, 0) is 25.9 Å². The number of amides is 2. The second kappa shape index (κ2) is 7.33. The van der Waals surface area contributed by atoms with E-state index in [1.165, 1.54) is 4.90 Å². The van der Waals surface area contributed by atoms with Gasteiger partial charge < -0.3 is 19.8 Å². The van der Waals surface area contributed by atoms with E-state index in [4.69, 9.17) is 5.11 Å². The van der Waals surface area contributed by atoms with Crippen molar-refractivity contribution in [3.63, 3.8) is 0 Å². The Morgan fingerprint density at radius 1 is 1.21 bits per heavy atom. The van der Waals surface area contributed by atoms with E-state index in [0.29, 0.717) is 19.6 Å². The molecule has 110 valence electrons. The summed E-state index contributed by atoms with van der Waals surface area (Å²) in [5.41, 5.74) is 0. The van der Waals surface area contributed by atoms with Gasteiger partial charge in [-0.25, -0.2) is 4.79 Å². The number of carbonyl (C=O) groups excluding carboxylic acids is 1. The van der Waals surface area contributed by atoms with Crippen LogP contribution >= 0.6 is 0 Å². The Morgan fingerprint density at radius 2 is 1.89 bits per heavy atom. The van der Waals surface area contributed by atoms with E-state index in [9.17, 15) is 9.59 Å². The Bertz CT molecular complexity index is 320. The summed E-state index contributed by atoms with van der Waals surface area (Å²) in [5.74, 6) is -0.695. The predicted molar refractivity (Wildman–Crippen MR) is 73.1 cm³/mol. The molecule has 0 aliphatic carbocycles. The minimum absolute atomic E-state index is 0.147. The summed E-state index contributed by atoms with van der Waals surface area (Å²) in [6.45, 7) is 7.43. The highest BCUT2D eigenvalue weighted by atomic mass is 16.4. The average Bonchev–Trinajstić information content (AvgIpc) is 2.51. The smallest absolute Gasteiger partial charge is 0.323 e. The first-order valence-electron chi connectivity index (χ1n) is 6.84. The van der Waals surface area contributed by atoms with Gasteiger partial charge in [-0.3, -0.25) is 4.79 Å². The van der Waals surface area contributed by atoms with E-state index in [1.807, 2.05) is 20.9 Å². The molecule has 0 bridgehead atoms. The maximum atomic E-state index is 12.4. The van der Waals surface area contributed by atoms with Gasteiger partial charge in [0, 0.05) is 26.2 Å². The van der Waals surface area contributed by atoms with Crippen molar-refractivity contribution in [3.8, 4) is 0 Å². The fourth-order valence-electron chi connectivity index (χ4n) is 2.25. The molecular weight excluding hydrogens is 246 g/mol. The molecule has 1 aliphatic rings. The van der Waals surface area contributed by atoms with Crippen LogP contribution in [0.5, 0.6) is 0 Å². The number of carboxylic acids is 1. The third-order valence-electron chi connectivity index (χ3n) is 3.17. The van der Waals surface area contributed by atoms with Gasteiger partial charge in [0.1, 0.15) is 6.54 Å². The molecule has 1 aliphatic heterocycles. The van der Waals surface area contributed by atoms with Crippen molar-refractivity contribution in [1.29, 1.82) is 0 Å². The van der Waals surface area contributed by atoms with Crippen molar-refractivity contribution in [2.45, 2.75) is 20.3 Å². The summed E-state index contributed by atoms with van der Waals surface area (Å²) < 4.78 is 0. The maximum Gasteiger partial charge on any atom is 0.323 e. The minimum Gasteiger partial charge on any atom is -0.480 e. The van der Waals surface area contributed by atoms with Crippen molar-refractivity contribution >= 4 is 12.0 Å². The van der Waals surface area contributed by atoms with Crippen LogP contribution in [0.3, 0.4) is 0 Å². The van der Waals surface area contributed by atoms with Crippen molar-refractivity contribution in [2.24, 2.45) is 5.92 Å². The van der Waals surface area contributed by atoms with Gasteiger partial charge in [0.2, 0.25) is 0 Å². The van der Waals surface area contributed by atoms with E-state index < -0.39 is 5.97 Å². The van der Waals surface area contributed by atoms with Gasteiger partial charge in [-0.2, -0.15) is 0 Å². The zero-order chi connectivity index (χ0) is 14.4. The van der Waals surface area contributed by atoms with Crippen LogP contribution in [0.2, 0.25) is 0 Å². The number of urea groups is 1. The van der Waals surface area contributed by atoms with Gasteiger partial charge in [-0.1, -0.05) is 13.8 Å². The van der Waals surface area contributed by atoms with Crippen LogP contribution in [0.25, 0.3) is 0 Å². The number of rotatable bonds is 4. The lowest BCUT2D eigenvalue weighted by Crippen LogP contribution is -2.47. The Labute approximate surface area is 115 Å². The highest BCUT2D eigenvalue weighted by Crippen LogP contribution is 2.08. The summed E-state index contributed by atoms with van der Waals surface area (Å²) in [6, 6.07) is -0.147. The molecule has 2 amide bonds. The number of aliphatic carboxylic acids is 1. The van der Waals surface area contributed by atoms with Crippen molar-refractivity contribution < 1.29 is 14.7 Å². The second-order valence-electron chi connectivity index (χ2n) is 5.59. The Balaban J connectivity index is 2.65. The molecule has 1 N–H and O–H groups in total.